The lowest BCUT2D eigenvalue weighted by Gasteiger charge is -2.20. The summed E-state index contributed by atoms with van der Waals surface area (Å²) >= 11 is 0. The fourth-order valence-corrected chi connectivity index (χ4v) is 3.99. The Bertz CT molecular complexity index is 1140. The molecule has 0 saturated heterocycles. The van der Waals surface area contributed by atoms with Gasteiger partial charge in [0.2, 0.25) is 6.79 Å². The van der Waals surface area contributed by atoms with Gasteiger partial charge in [-0.3, -0.25) is 4.79 Å². The molecule has 1 saturated carbocycles. The summed E-state index contributed by atoms with van der Waals surface area (Å²) in [5, 5.41) is 0. The number of rotatable bonds is 3. The molecule has 0 radical (unpaired) electrons. The SMILES string of the molecule is NC(=O)c1nc(C2CCCCC2)nc2c1[nH]c(=O)n2-c1ccc2c(c1)OCO2. The summed E-state index contributed by atoms with van der Waals surface area (Å²) in [4.78, 5) is 36.5. The first-order valence-electron chi connectivity index (χ1n) is 9.34. The summed E-state index contributed by atoms with van der Waals surface area (Å²) in [6.07, 6.45) is 5.30. The van der Waals surface area contributed by atoms with Gasteiger partial charge < -0.3 is 20.2 Å². The lowest BCUT2D eigenvalue weighted by molar-refractivity contribution is 0.0996. The first kappa shape index (κ1) is 16.8. The molecule has 144 valence electrons. The molecule has 28 heavy (non-hydrogen) atoms. The van der Waals surface area contributed by atoms with E-state index in [0.717, 1.165) is 25.7 Å². The number of hydrogen-bond donors (Lipinski definition) is 2. The molecule has 1 aromatic carbocycles. The number of imidazole rings is 1. The number of nitrogens with zero attached hydrogens (tertiary/aromatic N) is 3. The standard InChI is InChI=1S/C19H19N5O4/c20-16(25)14-15-18(23-17(21-14)10-4-2-1-3-5-10)24(19(26)22-15)11-6-7-12-13(8-11)28-9-27-12/h6-8,10H,1-5,9H2,(H2,20,25)(H,22,26). The van der Waals surface area contributed by atoms with Gasteiger partial charge in [-0.1, -0.05) is 19.3 Å². The van der Waals surface area contributed by atoms with Crippen molar-refractivity contribution in [2.24, 2.45) is 5.73 Å². The zero-order valence-electron chi connectivity index (χ0n) is 15.1. The second kappa shape index (κ2) is 6.36. The Morgan fingerprint density at radius 3 is 2.71 bits per heavy atom. The number of nitrogens with two attached hydrogens (primary N) is 1. The van der Waals surface area contributed by atoms with Gasteiger partial charge in [-0.15, -0.1) is 0 Å². The van der Waals surface area contributed by atoms with Crippen LogP contribution in [0, 0.1) is 0 Å². The van der Waals surface area contributed by atoms with Crippen LogP contribution in [0.25, 0.3) is 16.9 Å². The van der Waals surface area contributed by atoms with Crippen molar-refractivity contribution in [2.45, 2.75) is 38.0 Å². The number of benzene rings is 1. The quantitative estimate of drug-likeness (QED) is 0.715. The van der Waals surface area contributed by atoms with Gasteiger partial charge in [-0.05, 0) is 25.0 Å². The van der Waals surface area contributed by atoms with Crippen LogP contribution in [-0.4, -0.2) is 32.2 Å². The van der Waals surface area contributed by atoms with Gasteiger partial charge in [0.15, 0.2) is 22.8 Å². The topological polar surface area (TPSA) is 125 Å². The molecule has 0 atom stereocenters. The third-order valence-corrected chi connectivity index (χ3v) is 5.37. The van der Waals surface area contributed by atoms with Gasteiger partial charge in [-0.25, -0.2) is 19.3 Å². The molecule has 9 nitrogen and oxygen atoms in total. The molecule has 5 rings (SSSR count). The zero-order valence-corrected chi connectivity index (χ0v) is 15.1. The van der Waals surface area contributed by atoms with Crippen molar-refractivity contribution in [3.63, 3.8) is 0 Å². The Labute approximate surface area is 159 Å². The molecule has 0 spiro atoms. The van der Waals surface area contributed by atoms with Crippen LogP contribution in [0.4, 0.5) is 0 Å². The van der Waals surface area contributed by atoms with E-state index < -0.39 is 11.6 Å². The van der Waals surface area contributed by atoms with Crippen molar-refractivity contribution in [3.05, 3.63) is 40.2 Å². The van der Waals surface area contributed by atoms with Crippen LogP contribution in [0.1, 0.15) is 54.3 Å². The highest BCUT2D eigenvalue weighted by atomic mass is 16.7. The lowest BCUT2D eigenvalue weighted by Crippen LogP contribution is -2.18. The van der Waals surface area contributed by atoms with Gasteiger partial charge in [-0.2, -0.15) is 0 Å². The molecule has 1 aliphatic carbocycles. The fraction of sp³-hybridized carbons (Fsp3) is 0.368. The van der Waals surface area contributed by atoms with E-state index in [-0.39, 0.29) is 23.9 Å². The molecule has 1 fully saturated rings. The number of H-pyrrole nitrogens is 1. The second-order valence-corrected chi connectivity index (χ2v) is 7.13. The number of ether oxygens (including phenoxy) is 2. The van der Waals surface area contributed by atoms with Crippen molar-refractivity contribution in [1.82, 2.24) is 19.5 Å². The predicted molar refractivity (Wildman–Crippen MR) is 100.0 cm³/mol. The number of aromatic nitrogens is 4. The molecule has 9 heteroatoms. The van der Waals surface area contributed by atoms with Crippen LogP contribution in [-0.2, 0) is 0 Å². The number of hydrogen-bond acceptors (Lipinski definition) is 6. The van der Waals surface area contributed by atoms with Crippen LogP contribution >= 0.6 is 0 Å². The Morgan fingerprint density at radius 2 is 1.93 bits per heavy atom. The average Bonchev–Trinajstić information content (AvgIpc) is 3.30. The molecule has 3 aromatic rings. The maximum Gasteiger partial charge on any atom is 0.332 e. The third-order valence-electron chi connectivity index (χ3n) is 5.37. The van der Waals surface area contributed by atoms with Gasteiger partial charge >= 0.3 is 5.69 Å². The number of fused-ring (bicyclic) bond motifs is 2. The first-order valence-corrected chi connectivity index (χ1v) is 9.34. The third kappa shape index (κ3) is 2.62. The Balaban J connectivity index is 1.73. The van der Waals surface area contributed by atoms with Gasteiger partial charge in [0.05, 0.1) is 5.69 Å². The zero-order chi connectivity index (χ0) is 19.3. The predicted octanol–water partition coefficient (Wildman–Crippen LogP) is 1.98. The van der Waals surface area contributed by atoms with E-state index in [1.54, 1.807) is 18.2 Å². The lowest BCUT2D eigenvalue weighted by atomic mass is 9.88. The fourth-order valence-electron chi connectivity index (χ4n) is 3.99. The molecule has 0 bridgehead atoms. The summed E-state index contributed by atoms with van der Waals surface area (Å²) < 4.78 is 12.2. The average molecular weight is 381 g/mol. The monoisotopic (exact) mass is 381 g/mol. The van der Waals surface area contributed by atoms with Crippen LogP contribution in [0.2, 0.25) is 0 Å². The Hall–Kier alpha value is -3.36. The van der Waals surface area contributed by atoms with Crippen molar-refractivity contribution < 1.29 is 14.3 Å². The van der Waals surface area contributed by atoms with Gasteiger partial charge in [0.1, 0.15) is 11.3 Å². The number of primary amides is 1. The second-order valence-electron chi connectivity index (χ2n) is 7.13. The van der Waals surface area contributed by atoms with E-state index in [9.17, 15) is 9.59 Å². The summed E-state index contributed by atoms with van der Waals surface area (Å²) in [5.74, 6) is 1.20. The van der Waals surface area contributed by atoms with Crippen LogP contribution in [0.15, 0.2) is 23.0 Å². The molecule has 3 N–H and O–H groups in total. The highest BCUT2D eigenvalue weighted by Crippen LogP contribution is 2.35. The summed E-state index contributed by atoms with van der Waals surface area (Å²) in [6, 6.07) is 5.19. The van der Waals surface area contributed by atoms with Crippen molar-refractivity contribution >= 4 is 17.1 Å². The first-order chi connectivity index (χ1) is 13.6. The maximum absolute atomic E-state index is 12.7. The van der Waals surface area contributed by atoms with E-state index in [2.05, 4.69) is 15.0 Å². The Morgan fingerprint density at radius 1 is 1.14 bits per heavy atom. The minimum Gasteiger partial charge on any atom is -0.454 e. The van der Waals surface area contributed by atoms with Crippen LogP contribution < -0.4 is 20.9 Å². The number of nitrogens with one attached hydrogen (secondary N) is 1. The number of amides is 1. The van der Waals surface area contributed by atoms with Crippen LogP contribution in [0.5, 0.6) is 11.5 Å². The van der Waals surface area contributed by atoms with E-state index in [4.69, 9.17) is 15.2 Å². The highest BCUT2D eigenvalue weighted by Gasteiger charge is 2.25. The van der Waals surface area contributed by atoms with Crippen LogP contribution in [0.3, 0.4) is 0 Å². The van der Waals surface area contributed by atoms with E-state index in [1.807, 2.05) is 0 Å². The highest BCUT2D eigenvalue weighted by molar-refractivity contribution is 6.01. The molecular weight excluding hydrogens is 362 g/mol. The normalized spacial score (nSPS) is 16.6. The minimum absolute atomic E-state index is 0.0437. The summed E-state index contributed by atoms with van der Waals surface area (Å²) in [5.41, 5.74) is 6.32. The van der Waals surface area contributed by atoms with Crippen molar-refractivity contribution in [3.8, 4) is 17.2 Å². The maximum atomic E-state index is 12.7. The van der Waals surface area contributed by atoms with Gasteiger partial charge in [0, 0.05) is 12.0 Å². The molecule has 1 amide bonds. The largest absolute Gasteiger partial charge is 0.454 e. The van der Waals surface area contributed by atoms with E-state index in [0.29, 0.717) is 28.7 Å². The molecule has 2 aromatic heterocycles. The molecular formula is C19H19N5O4. The summed E-state index contributed by atoms with van der Waals surface area (Å²) in [7, 11) is 0. The molecule has 1 aliphatic heterocycles. The number of carbonyl (C=O) groups excluding carboxylic acids is 1. The van der Waals surface area contributed by atoms with Crippen molar-refractivity contribution in [1.29, 1.82) is 0 Å². The molecule has 3 heterocycles. The molecule has 2 aliphatic rings. The molecule has 0 unspecified atom stereocenters. The van der Waals surface area contributed by atoms with E-state index >= 15 is 0 Å². The number of aromatic amines is 1. The summed E-state index contributed by atoms with van der Waals surface area (Å²) in [6.45, 7) is 0.140. The minimum atomic E-state index is -0.691. The Kier molecular flexibility index (Phi) is 3.81. The number of carbonyl (C=O) groups is 1. The van der Waals surface area contributed by atoms with Gasteiger partial charge in [0.25, 0.3) is 5.91 Å². The smallest absolute Gasteiger partial charge is 0.332 e. The van der Waals surface area contributed by atoms with Crippen molar-refractivity contribution in [2.75, 3.05) is 6.79 Å². The van der Waals surface area contributed by atoms with E-state index in [1.165, 1.54) is 11.0 Å².